The van der Waals surface area contributed by atoms with Crippen molar-refractivity contribution in [1.29, 1.82) is 5.26 Å². The average Bonchev–Trinajstić information content (AvgIpc) is 2.81. The fourth-order valence-electron chi connectivity index (χ4n) is 2.94. The van der Waals surface area contributed by atoms with Crippen LogP contribution in [-0.4, -0.2) is 44.5 Å². The summed E-state index contributed by atoms with van der Waals surface area (Å²) in [4.78, 5) is 6.37. The van der Waals surface area contributed by atoms with Crippen LogP contribution in [0.4, 0.5) is 5.69 Å². The zero-order valence-corrected chi connectivity index (χ0v) is 12.9. The Balaban J connectivity index is 2.41. The molecule has 0 saturated heterocycles. The second-order valence-corrected chi connectivity index (χ2v) is 7.36. The second-order valence-electron chi connectivity index (χ2n) is 5.28. The predicted molar refractivity (Wildman–Crippen MR) is 82.6 cm³/mol. The van der Waals surface area contributed by atoms with Gasteiger partial charge in [0, 0.05) is 25.2 Å². The Morgan fingerprint density at radius 1 is 1.45 bits per heavy atom. The molecule has 6 nitrogen and oxygen atoms in total. The number of rotatable bonds is 3. The van der Waals surface area contributed by atoms with Crippen LogP contribution in [0.15, 0.2) is 23.2 Å². The molecule has 0 radical (unpaired) electrons. The fourth-order valence-corrected chi connectivity index (χ4v) is 4.49. The lowest BCUT2D eigenvalue weighted by Gasteiger charge is -2.22. The van der Waals surface area contributed by atoms with Crippen LogP contribution < -0.4 is 4.90 Å². The van der Waals surface area contributed by atoms with Crippen LogP contribution in [0.1, 0.15) is 11.1 Å². The van der Waals surface area contributed by atoms with Gasteiger partial charge in [0.1, 0.15) is 6.07 Å². The van der Waals surface area contributed by atoms with Gasteiger partial charge in [-0.3, -0.25) is 4.98 Å². The Hall–Kier alpha value is -2.17. The number of benzene rings is 1. The molecule has 22 heavy (non-hydrogen) atoms. The van der Waals surface area contributed by atoms with Gasteiger partial charge < -0.3 is 10.0 Å². The number of nitriles is 1. The molecule has 2 aromatic rings. The first-order chi connectivity index (χ1) is 10.5. The summed E-state index contributed by atoms with van der Waals surface area (Å²) in [6.07, 6.45) is 1.91. The molecule has 1 N–H and O–H groups in total. The molecular formula is C15H15N3O3S. The number of likely N-dealkylation sites (N-methyl/N-ethyl adjacent to an activating group) is 1. The first-order valence-corrected chi connectivity index (χ1v) is 8.54. The number of pyridine rings is 1. The maximum absolute atomic E-state index is 12.1. The molecule has 0 aliphatic carbocycles. The fraction of sp³-hybridized carbons (Fsp3) is 0.333. The van der Waals surface area contributed by atoms with Crippen molar-refractivity contribution in [2.24, 2.45) is 0 Å². The summed E-state index contributed by atoms with van der Waals surface area (Å²) in [6.45, 7) is 0.294. The first-order valence-electron chi connectivity index (χ1n) is 6.89. The predicted octanol–water partition coefficient (Wildman–Crippen LogP) is 0.865. The molecule has 114 valence electrons. The van der Waals surface area contributed by atoms with E-state index in [9.17, 15) is 18.8 Å². The SMILES string of the molecule is CN(CCO)c1c(C#N)cnc2ccc3c(c12)CCS3(=O)=O. The minimum Gasteiger partial charge on any atom is -0.395 e. The number of sulfone groups is 1. The van der Waals surface area contributed by atoms with Gasteiger partial charge in [0.15, 0.2) is 9.84 Å². The van der Waals surface area contributed by atoms with Gasteiger partial charge in [-0.1, -0.05) is 0 Å². The van der Waals surface area contributed by atoms with Crippen LogP contribution in [0.2, 0.25) is 0 Å². The third-order valence-corrected chi connectivity index (χ3v) is 5.76. The van der Waals surface area contributed by atoms with Gasteiger partial charge in [-0.05, 0) is 24.1 Å². The molecule has 7 heteroatoms. The normalized spacial score (nSPS) is 15.5. The van der Waals surface area contributed by atoms with E-state index in [4.69, 9.17) is 0 Å². The number of aliphatic hydroxyl groups excluding tert-OH is 1. The lowest BCUT2D eigenvalue weighted by Crippen LogP contribution is -2.23. The Kier molecular flexibility index (Phi) is 3.51. The van der Waals surface area contributed by atoms with Crippen molar-refractivity contribution >= 4 is 26.4 Å². The third kappa shape index (κ3) is 2.12. The van der Waals surface area contributed by atoms with Crippen LogP contribution in [0.3, 0.4) is 0 Å². The van der Waals surface area contributed by atoms with Crippen LogP contribution in [-0.2, 0) is 16.3 Å². The van der Waals surface area contributed by atoms with E-state index in [1.54, 1.807) is 24.1 Å². The van der Waals surface area contributed by atoms with Crippen molar-refractivity contribution in [1.82, 2.24) is 4.98 Å². The average molecular weight is 317 g/mol. The summed E-state index contributed by atoms with van der Waals surface area (Å²) >= 11 is 0. The number of aromatic nitrogens is 1. The quantitative estimate of drug-likeness (QED) is 0.902. The summed E-state index contributed by atoms with van der Waals surface area (Å²) in [7, 11) is -1.48. The van der Waals surface area contributed by atoms with E-state index in [1.807, 2.05) is 0 Å². The topological polar surface area (TPSA) is 94.3 Å². The van der Waals surface area contributed by atoms with Gasteiger partial charge >= 0.3 is 0 Å². The number of nitrogens with zero attached hydrogens (tertiary/aromatic N) is 3. The molecule has 0 spiro atoms. The standard InChI is InChI=1S/C15H15N3O3S/c1-18(5-6-19)15-10(8-16)9-17-12-2-3-13-11(14(12)15)4-7-22(13,20)21/h2-3,9,19H,4-7H2,1H3. The maximum atomic E-state index is 12.1. The van der Waals surface area contributed by atoms with E-state index in [0.29, 0.717) is 40.0 Å². The lowest BCUT2D eigenvalue weighted by molar-refractivity contribution is 0.304. The number of aliphatic hydroxyl groups is 1. The Morgan fingerprint density at radius 3 is 2.91 bits per heavy atom. The molecule has 0 fully saturated rings. The van der Waals surface area contributed by atoms with E-state index in [2.05, 4.69) is 11.1 Å². The molecule has 0 atom stereocenters. The van der Waals surface area contributed by atoms with E-state index in [1.165, 1.54) is 6.20 Å². The van der Waals surface area contributed by atoms with E-state index in [-0.39, 0.29) is 12.4 Å². The van der Waals surface area contributed by atoms with Crippen molar-refractivity contribution in [2.45, 2.75) is 11.3 Å². The molecule has 1 aliphatic heterocycles. The smallest absolute Gasteiger partial charge is 0.179 e. The van der Waals surface area contributed by atoms with Crippen LogP contribution in [0.5, 0.6) is 0 Å². The molecule has 1 aliphatic rings. The first kappa shape index (κ1) is 14.8. The van der Waals surface area contributed by atoms with Crippen molar-refractivity contribution < 1.29 is 13.5 Å². The summed E-state index contributed by atoms with van der Waals surface area (Å²) in [5.74, 6) is 0.0847. The largest absolute Gasteiger partial charge is 0.395 e. The second kappa shape index (κ2) is 5.23. The Bertz CT molecular complexity index is 900. The lowest BCUT2D eigenvalue weighted by atomic mass is 10.0. The zero-order valence-electron chi connectivity index (χ0n) is 12.1. The van der Waals surface area contributed by atoms with Gasteiger partial charge in [0.05, 0.1) is 34.0 Å². The van der Waals surface area contributed by atoms with Gasteiger partial charge in [-0.2, -0.15) is 5.26 Å². The van der Waals surface area contributed by atoms with Crippen molar-refractivity contribution in [3.8, 4) is 6.07 Å². The molecule has 0 unspecified atom stereocenters. The molecular weight excluding hydrogens is 302 g/mol. The van der Waals surface area contributed by atoms with Crippen molar-refractivity contribution in [3.05, 3.63) is 29.5 Å². The van der Waals surface area contributed by atoms with Gasteiger partial charge in [0.25, 0.3) is 0 Å². The van der Waals surface area contributed by atoms with Gasteiger partial charge in [-0.15, -0.1) is 0 Å². The van der Waals surface area contributed by atoms with E-state index >= 15 is 0 Å². The van der Waals surface area contributed by atoms with Crippen LogP contribution in [0.25, 0.3) is 10.9 Å². The molecule has 1 aromatic heterocycles. The molecule has 3 rings (SSSR count). The summed E-state index contributed by atoms with van der Waals surface area (Å²) < 4.78 is 24.2. The zero-order chi connectivity index (χ0) is 15.9. The summed E-state index contributed by atoms with van der Waals surface area (Å²) in [5.41, 5.74) is 2.40. The highest BCUT2D eigenvalue weighted by molar-refractivity contribution is 7.91. The summed E-state index contributed by atoms with van der Waals surface area (Å²) in [5, 5.41) is 19.2. The molecule has 2 heterocycles. The van der Waals surface area contributed by atoms with Crippen LogP contribution in [0, 0.1) is 11.3 Å². The number of anilines is 1. The number of aryl methyl sites for hydroxylation is 1. The monoisotopic (exact) mass is 317 g/mol. The molecule has 0 saturated carbocycles. The van der Waals surface area contributed by atoms with Gasteiger partial charge in [-0.25, -0.2) is 8.42 Å². The Morgan fingerprint density at radius 2 is 2.23 bits per heavy atom. The number of hydrogen-bond donors (Lipinski definition) is 1. The van der Waals surface area contributed by atoms with Crippen molar-refractivity contribution in [2.75, 3.05) is 30.9 Å². The van der Waals surface area contributed by atoms with E-state index < -0.39 is 9.84 Å². The number of fused-ring (bicyclic) bond motifs is 3. The maximum Gasteiger partial charge on any atom is 0.179 e. The third-order valence-electron chi connectivity index (χ3n) is 3.97. The summed E-state index contributed by atoms with van der Waals surface area (Å²) in [6, 6.07) is 5.37. The minimum atomic E-state index is -3.25. The van der Waals surface area contributed by atoms with Crippen LogP contribution >= 0.6 is 0 Å². The highest BCUT2D eigenvalue weighted by Crippen LogP contribution is 2.38. The number of hydrogen-bond acceptors (Lipinski definition) is 6. The van der Waals surface area contributed by atoms with Crippen molar-refractivity contribution in [3.63, 3.8) is 0 Å². The molecule has 0 bridgehead atoms. The Labute approximate surface area is 128 Å². The van der Waals surface area contributed by atoms with Gasteiger partial charge in [0.2, 0.25) is 0 Å². The minimum absolute atomic E-state index is 0.0570. The molecule has 1 aromatic carbocycles. The molecule has 0 amide bonds. The highest BCUT2D eigenvalue weighted by atomic mass is 32.2. The highest BCUT2D eigenvalue weighted by Gasteiger charge is 2.30. The van der Waals surface area contributed by atoms with E-state index in [0.717, 1.165) is 5.56 Å².